The average molecular weight is 393 g/mol. The number of hydrogen-bond donors (Lipinski definition) is 0. The molecule has 11 heteroatoms. The first-order valence-corrected chi connectivity index (χ1v) is 22.7. The van der Waals surface area contributed by atoms with Gasteiger partial charge in [-0.05, 0) is 18.8 Å². The molecular formula is C10H24O5Si6. The normalized spacial score (nSPS) is 50.6. The summed E-state index contributed by atoms with van der Waals surface area (Å²) in [5.41, 5.74) is 5.39. The molecule has 5 nitrogen and oxygen atoms in total. The Balaban J connectivity index is 2.51. The van der Waals surface area contributed by atoms with E-state index in [1.807, 2.05) is 24.5 Å². The Hall–Kier alpha value is 0.321. The number of rotatable bonds is 3. The first-order valence-electron chi connectivity index (χ1n) is 7.05. The molecule has 4 atom stereocenters. The monoisotopic (exact) mass is 392 g/mol. The molecule has 2 rings (SSSR count). The van der Waals surface area contributed by atoms with E-state index in [-0.39, 0.29) is 0 Å². The standard InChI is InChI=1S/C10H24O5Si6/c1-8-19(6)11-16(4)18-13-21(10-3,14-19)15-20(7,9-2)12-17(18)5/h8-10,16-18H,1-3H2,4-7H3. The van der Waals surface area contributed by atoms with Gasteiger partial charge in [-0.25, -0.2) is 0 Å². The Morgan fingerprint density at radius 1 is 0.762 bits per heavy atom. The summed E-state index contributed by atoms with van der Waals surface area (Å²) in [6.45, 7) is 20.2. The molecule has 2 heterocycles. The van der Waals surface area contributed by atoms with Crippen LogP contribution >= 0.6 is 0 Å². The summed E-state index contributed by atoms with van der Waals surface area (Å²) < 4.78 is 31.8. The molecule has 2 fully saturated rings. The third-order valence-corrected chi connectivity index (χ3v) is 42.4. The van der Waals surface area contributed by atoms with Crippen LogP contribution in [0.25, 0.3) is 0 Å². The van der Waals surface area contributed by atoms with Crippen LogP contribution in [0, 0.1) is 0 Å². The fourth-order valence-electron chi connectivity index (χ4n) is 2.63. The van der Waals surface area contributed by atoms with Crippen molar-refractivity contribution >= 4 is 51.1 Å². The van der Waals surface area contributed by atoms with Crippen molar-refractivity contribution in [2.75, 3.05) is 0 Å². The summed E-state index contributed by atoms with van der Waals surface area (Å²) in [6.07, 6.45) is 0. The quantitative estimate of drug-likeness (QED) is 0.669. The van der Waals surface area contributed by atoms with Gasteiger partial charge in [0.2, 0.25) is 0 Å². The molecule has 2 saturated heterocycles. The molecular weight excluding hydrogens is 369 g/mol. The minimum atomic E-state index is -2.98. The molecule has 0 aromatic heterocycles. The van der Waals surface area contributed by atoms with Crippen LogP contribution < -0.4 is 0 Å². The minimum Gasteiger partial charge on any atom is -0.437 e. The lowest BCUT2D eigenvalue weighted by molar-refractivity contribution is 0.251. The zero-order chi connectivity index (χ0) is 15.9. The summed E-state index contributed by atoms with van der Waals surface area (Å²) in [4.78, 5) is 0. The Kier molecular flexibility index (Phi) is 5.12. The summed E-state index contributed by atoms with van der Waals surface area (Å²) >= 11 is 0. The lowest BCUT2D eigenvalue weighted by atomic mass is 11.3. The molecule has 2 aliphatic heterocycles. The van der Waals surface area contributed by atoms with Gasteiger partial charge in [0, 0.05) is 0 Å². The first kappa shape index (κ1) is 17.7. The predicted octanol–water partition coefficient (Wildman–Crippen LogP) is 0.943. The van der Waals surface area contributed by atoms with Crippen LogP contribution in [0.15, 0.2) is 36.8 Å². The van der Waals surface area contributed by atoms with E-state index in [4.69, 9.17) is 20.6 Å². The van der Waals surface area contributed by atoms with Crippen molar-refractivity contribution < 1.29 is 20.6 Å². The second kappa shape index (κ2) is 6.08. The Morgan fingerprint density at radius 3 is 1.52 bits per heavy atom. The summed E-state index contributed by atoms with van der Waals surface area (Å²) in [5, 5.41) is 0. The van der Waals surface area contributed by atoms with Crippen LogP contribution in [0.5, 0.6) is 0 Å². The molecule has 0 amide bonds. The predicted molar refractivity (Wildman–Crippen MR) is 98.2 cm³/mol. The van der Waals surface area contributed by atoms with E-state index < -0.39 is 51.1 Å². The molecule has 0 spiro atoms. The third-order valence-electron chi connectivity index (χ3n) is 3.75. The molecule has 2 bridgehead atoms. The van der Waals surface area contributed by atoms with Crippen LogP contribution in [-0.4, -0.2) is 51.1 Å². The molecule has 0 radical (unpaired) electrons. The fourth-order valence-corrected chi connectivity index (χ4v) is 51.0. The first-order chi connectivity index (χ1) is 9.70. The molecule has 0 saturated carbocycles. The van der Waals surface area contributed by atoms with Crippen molar-refractivity contribution in [3.63, 3.8) is 0 Å². The second-order valence-corrected chi connectivity index (χ2v) is 32.3. The van der Waals surface area contributed by atoms with E-state index in [1.165, 1.54) is 0 Å². The van der Waals surface area contributed by atoms with E-state index in [0.29, 0.717) is 0 Å². The van der Waals surface area contributed by atoms with Crippen molar-refractivity contribution in [2.24, 2.45) is 0 Å². The fraction of sp³-hybridized carbons (Fsp3) is 0.400. The van der Waals surface area contributed by atoms with E-state index in [2.05, 4.69) is 32.8 Å². The van der Waals surface area contributed by atoms with E-state index in [0.717, 1.165) is 0 Å². The van der Waals surface area contributed by atoms with Gasteiger partial charge < -0.3 is 20.6 Å². The third kappa shape index (κ3) is 3.47. The van der Waals surface area contributed by atoms with Gasteiger partial charge >= 0.3 is 25.9 Å². The van der Waals surface area contributed by atoms with Gasteiger partial charge in [0.05, 0.1) is 0 Å². The van der Waals surface area contributed by atoms with Gasteiger partial charge in [0.1, 0.15) is 0 Å². The summed E-state index contributed by atoms with van der Waals surface area (Å²) in [7, 11) is -12.5. The zero-order valence-electron chi connectivity index (χ0n) is 13.1. The SMILES string of the molecule is C=C[Si]1(C)O[SiH](C)[SiH]2O[Si](C=C)(O1)O[Si](C)(C=C)O[SiH]2C. The van der Waals surface area contributed by atoms with Crippen LogP contribution in [0.4, 0.5) is 0 Å². The topological polar surface area (TPSA) is 46.2 Å². The zero-order valence-corrected chi connectivity index (χ0v) is 19.6. The van der Waals surface area contributed by atoms with Gasteiger partial charge in [-0.2, -0.15) is 0 Å². The van der Waals surface area contributed by atoms with E-state index in [9.17, 15) is 0 Å². The maximum atomic E-state index is 6.49. The van der Waals surface area contributed by atoms with Gasteiger partial charge in [-0.15, -0.1) is 19.7 Å². The van der Waals surface area contributed by atoms with Crippen molar-refractivity contribution in [2.45, 2.75) is 26.2 Å². The number of hydrogen-bond acceptors (Lipinski definition) is 5. The summed E-state index contributed by atoms with van der Waals surface area (Å²) in [6, 6.07) is 0. The highest BCUT2D eigenvalue weighted by Gasteiger charge is 2.60. The van der Waals surface area contributed by atoms with Gasteiger partial charge in [0.25, 0.3) is 0 Å². The molecule has 21 heavy (non-hydrogen) atoms. The molecule has 0 aromatic carbocycles. The van der Waals surface area contributed by atoms with Crippen LogP contribution in [0.2, 0.25) is 26.2 Å². The molecule has 0 aliphatic carbocycles. The van der Waals surface area contributed by atoms with Crippen molar-refractivity contribution in [1.82, 2.24) is 0 Å². The van der Waals surface area contributed by atoms with Crippen LogP contribution in [0.3, 0.4) is 0 Å². The Bertz CT molecular complexity index is 431. The van der Waals surface area contributed by atoms with E-state index >= 15 is 0 Å². The minimum absolute atomic E-state index is 1.48. The van der Waals surface area contributed by atoms with Gasteiger partial charge in [-0.3, -0.25) is 0 Å². The number of fused-ring (bicyclic) bond motifs is 2. The lowest BCUT2D eigenvalue weighted by Crippen LogP contribution is -2.57. The smallest absolute Gasteiger partial charge is 0.437 e. The Labute approximate surface area is 134 Å². The molecule has 118 valence electrons. The van der Waals surface area contributed by atoms with Crippen molar-refractivity contribution in [3.05, 3.63) is 36.8 Å². The Morgan fingerprint density at radius 2 is 1.19 bits per heavy atom. The molecule has 2 aliphatic rings. The summed E-state index contributed by atoms with van der Waals surface area (Å²) in [5.74, 6) is 0. The van der Waals surface area contributed by atoms with Crippen molar-refractivity contribution in [1.29, 1.82) is 0 Å². The van der Waals surface area contributed by atoms with Gasteiger partial charge in [-0.1, -0.05) is 24.5 Å². The lowest BCUT2D eigenvalue weighted by Gasteiger charge is -2.36. The van der Waals surface area contributed by atoms with Crippen molar-refractivity contribution in [3.8, 4) is 0 Å². The van der Waals surface area contributed by atoms with E-state index in [1.54, 1.807) is 5.70 Å². The largest absolute Gasteiger partial charge is 0.500 e. The molecule has 4 unspecified atom stereocenters. The molecule has 0 N–H and O–H groups in total. The highest BCUT2D eigenvalue weighted by atomic mass is 29.6. The maximum Gasteiger partial charge on any atom is 0.500 e. The average Bonchev–Trinajstić information content (AvgIpc) is 2.61. The second-order valence-electron chi connectivity index (χ2n) is 5.68. The molecule has 0 aromatic rings. The van der Waals surface area contributed by atoms with Crippen LogP contribution in [-0.2, 0) is 20.6 Å². The highest BCUT2D eigenvalue weighted by Crippen LogP contribution is 2.33. The van der Waals surface area contributed by atoms with Crippen LogP contribution in [0.1, 0.15) is 0 Å². The highest BCUT2D eigenvalue weighted by molar-refractivity contribution is 7.47. The maximum absolute atomic E-state index is 6.49. The van der Waals surface area contributed by atoms with Gasteiger partial charge in [0.15, 0.2) is 25.2 Å².